The van der Waals surface area contributed by atoms with Gasteiger partial charge in [0.25, 0.3) is 5.91 Å². The molecule has 1 aliphatic rings. The Morgan fingerprint density at radius 2 is 1.91 bits per heavy atom. The molecule has 0 bridgehead atoms. The molecule has 1 saturated heterocycles. The van der Waals surface area contributed by atoms with Gasteiger partial charge < -0.3 is 19.5 Å². The number of hydrogen-bond donors (Lipinski definition) is 1. The molecule has 0 saturated carbocycles. The number of nitrogens with one attached hydrogen (secondary N) is 1. The molecule has 1 aromatic heterocycles. The Kier molecular flexibility index (Phi) is 7.22. The Bertz CT molecular complexity index is 960. The minimum absolute atomic E-state index is 0.120. The molecule has 1 N–H and O–H groups in total. The summed E-state index contributed by atoms with van der Waals surface area (Å²) in [5, 5.41) is 2.25. The van der Waals surface area contributed by atoms with Gasteiger partial charge in [-0.25, -0.2) is 0 Å². The highest BCUT2D eigenvalue weighted by Gasteiger charge is 2.37. The van der Waals surface area contributed by atoms with Crippen molar-refractivity contribution in [1.29, 1.82) is 0 Å². The van der Waals surface area contributed by atoms with Crippen LogP contribution in [0.4, 0.5) is 18.9 Å². The zero-order valence-corrected chi connectivity index (χ0v) is 17.5. The van der Waals surface area contributed by atoms with E-state index in [1.54, 1.807) is 13.0 Å². The lowest BCUT2D eigenvalue weighted by atomic mass is 10.00. The van der Waals surface area contributed by atoms with Gasteiger partial charge >= 0.3 is 6.18 Å². The predicted octanol–water partition coefficient (Wildman–Crippen LogP) is 3.78. The fourth-order valence-electron chi connectivity index (χ4n) is 3.73. The molecule has 7 nitrogen and oxygen atoms in total. The van der Waals surface area contributed by atoms with Crippen molar-refractivity contribution in [2.45, 2.75) is 38.4 Å². The number of likely N-dealkylation sites (tertiary alicyclic amines) is 1. The first kappa shape index (κ1) is 23.4. The number of carbonyl (C=O) groups excluding carboxylic acids is 3. The van der Waals surface area contributed by atoms with Crippen LogP contribution in [0, 0.1) is 0 Å². The van der Waals surface area contributed by atoms with E-state index in [2.05, 4.69) is 5.32 Å². The van der Waals surface area contributed by atoms with E-state index in [0.29, 0.717) is 13.0 Å². The van der Waals surface area contributed by atoms with E-state index in [0.717, 1.165) is 25.0 Å². The fourth-order valence-corrected chi connectivity index (χ4v) is 3.73. The summed E-state index contributed by atoms with van der Waals surface area (Å²) in [4.78, 5) is 41.1. The van der Waals surface area contributed by atoms with E-state index >= 15 is 0 Å². The van der Waals surface area contributed by atoms with E-state index in [9.17, 15) is 27.6 Å². The molecule has 2 heterocycles. The first-order valence-corrected chi connectivity index (χ1v) is 10.3. The maximum absolute atomic E-state index is 13.2. The van der Waals surface area contributed by atoms with Crippen LogP contribution >= 0.6 is 0 Å². The lowest BCUT2D eigenvalue weighted by molar-refractivity contribution is -0.140. The molecule has 3 amide bonds. The van der Waals surface area contributed by atoms with Crippen LogP contribution in [0.3, 0.4) is 0 Å². The summed E-state index contributed by atoms with van der Waals surface area (Å²) in [5.74, 6) is -1.47. The summed E-state index contributed by atoms with van der Waals surface area (Å²) in [6.45, 7) is 1.77. The second kappa shape index (κ2) is 9.88. The third-order valence-electron chi connectivity index (χ3n) is 5.32. The van der Waals surface area contributed by atoms with Gasteiger partial charge in [0.15, 0.2) is 5.76 Å². The minimum Gasteiger partial charge on any atom is -0.459 e. The number of rotatable bonds is 6. The normalized spacial score (nSPS) is 16.5. The first-order chi connectivity index (χ1) is 15.2. The Balaban J connectivity index is 1.71. The summed E-state index contributed by atoms with van der Waals surface area (Å²) in [5.41, 5.74) is -1.34. The molecule has 10 heteroatoms. The molecule has 32 heavy (non-hydrogen) atoms. The molecule has 1 unspecified atom stereocenters. The molecular weight excluding hydrogens is 427 g/mol. The van der Waals surface area contributed by atoms with Gasteiger partial charge in [-0.3, -0.25) is 14.4 Å². The van der Waals surface area contributed by atoms with E-state index < -0.39 is 42.0 Å². The average Bonchev–Trinajstić information content (AvgIpc) is 3.31. The topological polar surface area (TPSA) is 82.9 Å². The van der Waals surface area contributed by atoms with Gasteiger partial charge in [0.05, 0.1) is 24.1 Å². The SMILES string of the molecule is CCN(CC(=O)Nc1ccccc1C(F)(F)F)C(=O)C1CCCCN1C(=O)c1ccco1. The number of alkyl halides is 3. The van der Waals surface area contributed by atoms with Gasteiger partial charge in [-0.2, -0.15) is 13.2 Å². The number of hydrogen-bond acceptors (Lipinski definition) is 4. The molecule has 0 aliphatic carbocycles. The third-order valence-corrected chi connectivity index (χ3v) is 5.32. The highest BCUT2D eigenvalue weighted by Crippen LogP contribution is 2.34. The second-order valence-corrected chi connectivity index (χ2v) is 7.43. The van der Waals surface area contributed by atoms with Gasteiger partial charge in [-0.1, -0.05) is 12.1 Å². The summed E-state index contributed by atoms with van der Waals surface area (Å²) in [6, 6.07) is 6.97. The number of para-hydroxylation sites is 1. The van der Waals surface area contributed by atoms with Crippen molar-refractivity contribution in [3.05, 3.63) is 54.0 Å². The summed E-state index contributed by atoms with van der Waals surface area (Å²) in [6.07, 6.45) is -1.35. The highest BCUT2D eigenvalue weighted by molar-refractivity contribution is 5.98. The van der Waals surface area contributed by atoms with Crippen LogP contribution < -0.4 is 5.32 Å². The molecule has 1 aliphatic heterocycles. The van der Waals surface area contributed by atoms with Crippen molar-refractivity contribution in [3.8, 4) is 0 Å². The number of anilines is 1. The number of carbonyl (C=O) groups is 3. The first-order valence-electron chi connectivity index (χ1n) is 10.3. The summed E-state index contributed by atoms with van der Waals surface area (Å²) >= 11 is 0. The number of piperidine rings is 1. The molecule has 3 rings (SSSR count). The van der Waals surface area contributed by atoms with Crippen LogP contribution in [0.1, 0.15) is 42.3 Å². The lowest BCUT2D eigenvalue weighted by Gasteiger charge is -2.37. The van der Waals surface area contributed by atoms with E-state index in [1.165, 1.54) is 34.3 Å². The highest BCUT2D eigenvalue weighted by atomic mass is 19.4. The maximum atomic E-state index is 13.2. The average molecular weight is 451 g/mol. The smallest absolute Gasteiger partial charge is 0.418 e. The lowest BCUT2D eigenvalue weighted by Crippen LogP contribution is -2.54. The predicted molar refractivity (Wildman–Crippen MR) is 110 cm³/mol. The van der Waals surface area contributed by atoms with Crippen LogP contribution in [-0.2, 0) is 15.8 Å². The van der Waals surface area contributed by atoms with Gasteiger partial charge in [-0.05, 0) is 50.5 Å². The van der Waals surface area contributed by atoms with E-state index in [-0.39, 0.29) is 18.0 Å². The Hall–Kier alpha value is -3.30. The number of halogens is 3. The zero-order valence-electron chi connectivity index (χ0n) is 17.5. The van der Waals surface area contributed by atoms with Crippen molar-refractivity contribution < 1.29 is 32.0 Å². The standard InChI is InChI=1S/C22H24F3N3O4/c1-2-27(14-19(29)26-16-9-4-3-8-15(16)22(23,24)25)20(30)17-10-5-6-12-28(17)21(31)18-11-7-13-32-18/h3-4,7-9,11,13,17H,2,5-6,10,12,14H2,1H3,(H,26,29). The molecule has 2 aromatic rings. The largest absolute Gasteiger partial charge is 0.459 e. The third kappa shape index (κ3) is 5.30. The van der Waals surface area contributed by atoms with E-state index in [1.807, 2.05) is 0 Å². The maximum Gasteiger partial charge on any atom is 0.418 e. The molecule has 1 aromatic carbocycles. The Labute approximate surface area is 183 Å². The van der Waals surface area contributed by atoms with Crippen LogP contribution in [0.25, 0.3) is 0 Å². The van der Waals surface area contributed by atoms with Crippen molar-refractivity contribution in [1.82, 2.24) is 9.80 Å². The zero-order chi connectivity index (χ0) is 23.3. The molecule has 1 fully saturated rings. The van der Waals surface area contributed by atoms with Gasteiger partial charge in [-0.15, -0.1) is 0 Å². The van der Waals surface area contributed by atoms with Crippen molar-refractivity contribution in [3.63, 3.8) is 0 Å². The van der Waals surface area contributed by atoms with Crippen LogP contribution in [0.2, 0.25) is 0 Å². The molecule has 172 valence electrons. The molecular formula is C22H24F3N3O4. The van der Waals surface area contributed by atoms with Crippen molar-refractivity contribution >= 4 is 23.4 Å². The quantitative estimate of drug-likeness (QED) is 0.725. The Morgan fingerprint density at radius 3 is 2.56 bits per heavy atom. The van der Waals surface area contributed by atoms with Gasteiger partial charge in [0.1, 0.15) is 6.04 Å². The number of furan rings is 1. The van der Waals surface area contributed by atoms with Crippen molar-refractivity contribution in [2.24, 2.45) is 0 Å². The summed E-state index contributed by atoms with van der Waals surface area (Å²) in [7, 11) is 0. The fraction of sp³-hybridized carbons (Fsp3) is 0.409. The van der Waals surface area contributed by atoms with Crippen molar-refractivity contribution in [2.75, 3.05) is 25.0 Å². The molecule has 0 radical (unpaired) electrons. The number of nitrogens with zero attached hydrogens (tertiary/aromatic N) is 2. The van der Waals surface area contributed by atoms with Gasteiger partial charge in [0.2, 0.25) is 11.8 Å². The van der Waals surface area contributed by atoms with Crippen LogP contribution in [0.5, 0.6) is 0 Å². The Morgan fingerprint density at radius 1 is 1.16 bits per heavy atom. The van der Waals surface area contributed by atoms with Crippen LogP contribution in [-0.4, -0.2) is 53.2 Å². The summed E-state index contributed by atoms with van der Waals surface area (Å²) < 4.78 is 44.7. The van der Waals surface area contributed by atoms with Crippen LogP contribution in [0.15, 0.2) is 47.1 Å². The number of likely N-dealkylation sites (N-methyl/N-ethyl adjacent to an activating group) is 1. The molecule has 1 atom stereocenters. The number of benzene rings is 1. The minimum atomic E-state index is -4.63. The second-order valence-electron chi connectivity index (χ2n) is 7.43. The monoisotopic (exact) mass is 451 g/mol. The van der Waals surface area contributed by atoms with Gasteiger partial charge in [0, 0.05) is 13.1 Å². The van der Waals surface area contributed by atoms with E-state index in [4.69, 9.17) is 4.42 Å². The molecule has 0 spiro atoms. The number of amides is 3.